The van der Waals surface area contributed by atoms with Gasteiger partial charge in [0.05, 0.1) is 24.0 Å². The number of aromatic nitrogens is 2. The predicted molar refractivity (Wildman–Crippen MR) is 91.9 cm³/mol. The standard InChI is InChI=1S/C19H19N3O2/c23-19(11-22-13-21-16-6-2-3-7-17(16)22)20-10-14-9-15-5-1-4-8-18(15)24-12-14/h1-8,13-14H,9-12H2,(H,20,23). The molecule has 0 radical (unpaired) electrons. The minimum absolute atomic E-state index is 0.00277. The van der Waals surface area contributed by atoms with Crippen LogP contribution in [0.5, 0.6) is 5.75 Å². The number of para-hydroxylation sites is 3. The van der Waals surface area contributed by atoms with E-state index in [0.29, 0.717) is 19.1 Å². The van der Waals surface area contributed by atoms with Crippen molar-refractivity contribution in [3.63, 3.8) is 0 Å². The van der Waals surface area contributed by atoms with Crippen molar-refractivity contribution in [1.29, 1.82) is 0 Å². The van der Waals surface area contributed by atoms with Gasteiger partial charge in [0.1, 0.15) is 12.3 Å². The molecule has 24 heavy (non-hydrogen) atoms. The van der Waals surface area contributed by atoms with E-state index in [1.807, 2.05) is 47.0 Å². The number of hydrogen-bond acceptors (Lipinski definition) is 3. The lowest BCUT2D eigenvalue weighted by atomic mass is 9.97. The molecule has 3 aromatic rings. The van der Waals surface area contributed by atoms with Crippen molar-refractivity contribution < 1.29 is 9.53 Å². The molecule has 0 bridgehead atoms. The molecule has 0 spiro atoms. The summed E-state index contributed by atoms with van der Waals surface area (Å²) in [7, 11) is 0. The van der Waals surface area contributed by atoms with Gasteiger partial charge in [-0.1, -0.05) is 30.3 Å². The van der Waals surface area contributed by atoms with Crippen LogP contribution >= 0.6 is 0 Å². The lowest BCUT2D eigenvalue weighted by Crippen LogP contribution is -2.36. The number of carbonyl (C=O) groups is 1. The molecule has 0 fully saturated rings. The molecular weight excluding hydrogens is 302 g/mol. The number of nitrogens with one attached hydrogen (secondary N) is 1. The predicted octanol–water partition coefficient (Wildman–Crippen LogP) is 2.40. The minimum atomic E-state index is -0.00277. The lowest BCUT2D eigenvalue weighted by molar-refractivity contribution is -0.121. The zero-order valence-corrected chi connectivity index (χ0v) is 13.3. The summed E-state index contributed by atoms with van der Waals surface area (Å²) in [4.78, 5) is 16.6. The van der Waals surface area contributed by atoms with Gasteiger partial charge in [0, 0.05) is 12.5 Å². The van der Waals surface area contributed by atoms with Gasteiger partial charge in [0.25, 0.3) is 0 Å². The normalized spacial score (nSPS) is 16.4. The fourth-order valence-electron chi connectivity index (χ4n) is 3.13. The summed E-state index contributed by atoms with van der Waals surface area (Å²) < 4.78 is 7.64. The molecule has 5 nitrogen and oxygen atoms in total. The van der Waals surface area contributed by atoms with E-state index >= 15 is 0 Å². The molecule has 1 amide bonds. The Morgan fingerprint density at radius 3 is 3.00 bits per heavy atom. The Morgan fingerprint density at radius 2 is 2.04 bits per heavy atom. The fourth-order valence-corrected chi connectivity index (χ4v) is 3.13. The maximum absolute atomic E-state index is 12.2. The molecule has 0 saturated heterocycles. The number of nitrogens with zero attached hydrogens (tertiary/aromatic N) is 2. The summed E-state index contributed by atoms with van der Waals surface area (Å²) in [5.41, 5.74) is 3.09. The van der Waals surface area contributed by atoms with E-state index in [4.69, 9.17) is 4.74 Å². The SMILES string of the molecule is O=C(Cn1cnc2ccccc21)NCC1COc2ccccc2C1. The third kappa shape index (κ3) is 2.97. The van der Waals surface area contributed by atoms with Gasteiger partial charge in [-0.25, -0.2) is 4.98 Å². The summed E-state index contributed by atoms with van der Waals surface area (Å²) in [6.07, 6.45) is 2.65. The number of benzene rings is 2. The molecular formula is C19H19N3O2. The Hall–Kier alpha value is -2.82. The van der Waals surface area contributed by atoms with Gasteiger partial charge in [-0.2, -0.15) is 0 Å². The molecule has 2 heterocycles. The second-order valence-corrected chi connectivity index (χ2v) is 6.15. The zero-order chi connectivity index (χ0) is 16.4. The number of imidazole rings is 1. The van der Waals surface area contributed by atoms with Crippen LogP contribution in [0.3, 0.4) is 0 Å². The van der Waals surface area contributed by atoms with Gasteiger partial charge < -0.3 is 14.6 Å². The van der Waals surface area contributed by atoms with Crippen LogP contribution in [-0.2, 0) is 17.8 Å². The first kappa shape index (κ1) is 14.8. The van der Waals surface area contributed by atoms with E-state index in [1.54, 1.807) is 6.33 Å². The summed E-state index contributed by atoms with van der Waals surface area (Å²) >= 11 is 0. The Morgan fingerprint density at radius 1 is 1.21 bits per heavy atom. The Labute approximate surface area is 140 Å². The highest BCUT2D eigenvalue weighted by Gasteiger charge is 2.20. The molecule has 122 valence electrons. The zero-order valence-electron chi connectivity index (χ0n) is 13.3. The van der Waals surface area contributed by atoms with Gasteiger partial charge in [-0.3, -0.25) is 4.79 Å². The summed E-state index contributed by atoms with van der Waals surface area (Å²) in [6.45, 7) is 1.55. The Bertz CT molecular complexity index is 872. The van der Waals surface area contributed by atoms with Crippen LogP contribution in [0.25, 0.3) is 11.0 Å². The number of amides is 1. The summed E-state index contributed by atoms with van der Waals surface area (Å²) in [6, 6.07) is 15.9. The van der Waals surface area contributed by atoms with E-state index in [2.05, 4.69) is 16.4 Å². The van der Waals surface area contributed by atoms with Crippen molar-refractivity contribution in [1.82, 2.24) is 14.9 Å². The van der Waals surface area contributed by atoms with Gasteiger partial charge in [-0.05, 0) is 30.2 Å². The van der Waals surface area contributed by atoms with Crippen molar-refractivity contribution in [3.8, 4) is 5.75 Å². The average molecular weight is 321 g/mol. The smallest absolute Gasteiger partial charge is 0.240 e. The fraction of sp³-hybridized carbons (Fsp3) is 0.263. The van der Waals surface area contributed by atoms with Gasteiger partial charge in [0.15, 0.2) is 0 Å². The van der Waals surface area contributed by atoms with E-state index in [9.17, 15) is 4.79 Å². The van der Waals surface area contributed by atoms with E-state index in [0.717, 1.165) is 23.2 Å². The van der Waals surface area contributed by atoms with E-state index in [1.165, 1.54) is 5.56 Å². The molecule has 1 aliphatic rings. The highest BCUT2D eigenvalue weighted by atomic mass is 16.5. The number of hydrogen-bond donors (Lipinski definition) is 1. The number of rotatable bonds is 4. The van der Waals surface area contributed by atoms with Crippen molar-refractivity contribution in [3.05, 3.63) is 60.4 Å². The molecule has 1 N–H and O–H groups in total. The third-order valence-corrected chi connectivity index (χ3v) is 4.38. The number of carbonyl (C=O) groups excluding carboxylic acids is 1. The lowest BCUT2D eigenvalue weighted by Gasteiger charge is -2.25. The quantitative estimate of drug-likeness (QED) is 0.803. The molecule has 4 rings (SSSR count). The highest BCUT2D eigenvalue weighted by Crippen LogP contribution is 2.26. The van der Waals surface area contributed by atoms with Crippen molar-refractivity contribution in [2.75, 3.05) is 13.2 Å². The molecule has 0 aliphatic carbocycles. The summed E-state index contributed by atoms with van der Waals surface area (Å²) in [5.74, 6) is 1.27. The van der Waals surface area contributed by atoms with Crippen LogP contribution in [-0.4, -0.2) is 28.6 Å². The van der Waals surface area contributed by atoms with Crippen LogP contribution in [0.1, 0.15) is 5.56 Å². The number of fused-ring (bicyclic) bond motifs is 2. The van der Waals surface area contributed by atoms with Gasteiger partial charge >= 0.3 is 0 Å². The molecule has 2 aromatic carbocycles. The first-order valence-electron chi connectivity index (χ1n) is 8.17. The van der Waals surface area contributed by atoms with Crippen molar-refractivity contribution in [2.24, 2.45) is 5.92 Å². The third-order valence-electron chi connectivity index (χ3n) is 4.38. The molecule has 1 unspecified atom stereocenters. The second-order valence-electron chi connectivity index (χ2n) is 6.15. The Kier molecular flexibility index (Phi) is 3.91. The molecule has 1 aliphatic heterocycles. The van der Waals surface area contributed by atoms with Crippen LogP contribution in [0, 0.1) is 5.92 Å². The molecule has 0 saturated carbocycles. The van der Waals surface area contributed by atoms with Crippen LogP contribution < -0.4 is 10.1 Å². The summed E-state index contributed by atoms with van der Waals surface area (Å²) in [5, 5.41) is 3.02. The minimum Gasteiger partial charge on any atom is -0.493 e. The van der Waals surface area contributed by atoms with Gasteiger partial charge in [0.2, 0.25) is 5.91 Å². The maximum Gasteiger partial charge on any atom is 0.240 e. The largest absolute Gasteiger partial charge is 0.493 e. The first-order chi connectivity index (χ1) is 11.8. The van der Waals surface area contributed by atoms with Crippen LogP contribution in [0.15, 0.2) is 54.9 Å². The monoisotopic (exact) mass is 321 g/mol. The molecule has 1 aromatic heterocycles. The Balaban J connectivity index is 1.34. The first-order valence-corrected chi connectivity index (χ1v) is 8.17. The van der Waals surface area contributed by atoms with Gasteiger partial charge in [-0.15, -0.1) is 0 Å². The molecule has 1 atom stereocenters. The molecule has 5 heteroatoms. The topological polar surface area (TPSA) is 56.2 Å². The van der Waals surface area contributed by atoms with Crippen molar-refractivity contribution >= 4 is 16.9 Å². The van der Waals surface area contributed by atoms with E-state index < -0.39 is 0 Å². The highest BCUT2D eigenvalue weighted by molar-refractivity contribution is 5.80. The second kappa shape index (κ2) is 6.35. The maximum atomic E-state index is 12.2. The average Bonchev–Trinajstić information content (AvgIpc) is 3.03. The van der Waals surface area contributed by atoms with Crippen molar-refractivity contribution in [2.45, 2.75) is 13.0 Å². The van der Waals surface area contributed by atoms with Crippen LogP contribution in [0.2, 0.25) is 0 Å². The van der Waals surface area contributed by atoms with E-state index in [-0.39, 0.29) is 12.5 Å². The number of ether oxygens (including phenoxy) is 1. The van der Waals surface area contributed by atoms with Crippen LogP contribution in [0.4, 0.5) is 0 Å².